The molecule has 0 fully saturated rings. The van der Waals surface area contributed by atoms with Gasteiger partial charge >= 0.3 is 0 Å². The molecule has 0 aliphatic carbocycles. The molecule has 2 N–H and O–H groups in total. The molecule has 0 aliphatic heterocycles. The maximum absolute atomic E-state index is 5.71. The molecule has 5 nitrogen and oxygen atoms in total. The highest BCUT2D eigenvalue weighted by Crippen LogP contribution is 2.14. The summed E-state index contributed by atoms with van der Waals surface area (Å²) in [5.74, 6) is 2.25. The minimum Gasteiger partial charge on any atom is -0.493 e. The molecular weight excluding hydrogens is 344 g/mol. The largest absolute Gasteiger partial charge is 0.493 e. The van der Waals surface area contributed by atoms with Gasteiger partial charge in [0.15, 0.2) is 5.96 Å². The van der Waals surface area contributed by atoms with Crippen LogP contribution in [0.5, 0.6) is 5.75 Å². The van der Waals surface area contributed by atoms with Gasteiger partial charge in [-0.1, -0.05) is 32.9 Å². The third-order valence-electron chi connectivity index (χ3n) is 3.77. The zero-order chi connectivity index (χ0) is 18.8. The van der Waals surface area contributed by atoms with E-state index in [4.69, 9.17) is 4.74 Å². The highest BCUT2D eigenvalue weighted by molar-refractivity contribution is 7.11. The van der Waals surface area contributed by atoms with Gasteiger partial charge in [-0.15, -0.1) is 11.3 Å². The molecule has 0 unspecified atom stereocenters. The van der Waals surface area contributed by atoms with Crippen LogP contribution in [0.15, 0.2) is 35.5 Å². The quantitative estimate of drug-likeness (QED) is 0.520. The van der Waals surface area contributed by atoms with Gasteiger partial charge in [0.05, 0.1) is 11.6 Å². The molecule has 1 aromatic carbocycles. The van der Waals surface area contributed by atoms with Gasteiger partial charge < -0.3 is 15.4 Å². The van der Waals surface area contributed by atoms with E-state index in [1.54, 1.807) is 18.4 Å². The monoisotopic (exact) mass is 374 g/mol. The highest BCUT2D eigenvalue weighted by atomic mass is 32.1. The van der Waals surface area contributed by atoms with Gasteiger partial charge in [0.1, 0.15) is 5.75 Å². The predicted octanol–water partition coefficient (Wildman–Crippen LogP) is 3.65. The summed E-state index contributed by atoms with van der Waals surface area (Å²) in [6, 6.07) is 8.20. The lowest BCUT2D eigenvalue weighted by Crippen LogP contribution is -2.37. The topological polar surface area (TPSA) is 58.5 Å². The van der Waals surface area contributed by atoms with E-state index in [1.165, 1.54) is 15.4 Å². The van der Waals surface area contributed by atoms with Crippen LogP contribution in [0.4, 0.5) is 0 Å². The van der Waals surface area contributed by atoms with Crippen molar-refractivity contribution in [3.63, 3.8) is 0 Å². The number of thiazole rings is 1. The molecule has 0 radical (unpaired) electrons. The van der Waals surface area contributed by atoms with Crippen LogP contribution in [-0.2, 0) is 19.4 Å². The van der Waals surface area contributed by atoms with Gasteiger partial charge in [-0.2, -0.15) is 0 Å². The molecule has 2 aromatic rings. The number of nitrogens with one attached hydrogen (secondary N) is 2. The van der Waals surface area contributed by atoms with Gasteiger partial charge in [-0.3, -0.25) is 4.99 Å². The van der Waals surface area contributed by atoms with Crippen LogP contribution in [0, 0.1) is 5.92 Å². The minimum atomic E-state index is 0.531. The second-order valence-corrected chi connectivity index (χ2v) is 7.72. The standard InChI is InChI=1S/C20H30N4OS/c1-5-18-13-23-19(26-18)10-11-22-20(21-4)24-12-16-6-8-17(9-7-16)25-14-15(2)3/h6-9,13,15H,5,10-12,14H2,1-4H3,(H2,21,22,24). The average molecular weight is 375 g/mol. The third kappa shape index (κ3) is 7.04. The Morgan fingerprint density at radius 3 is 2.62 bits per heavy atom. The van der Waals surface area contributed by atoms with Gasteiger partial charge in [0.2, 0.25) is 0 Å². The van der Waals surface area contributed by atoms with Crippen molar-refractivity contribution in [1.29, 1.82) is 0 Å². The number of benzene rings is 1. The second kappa shape index (κ2) is 10.8. The normalized spacial score (nSPS) is 11.7. The molecule has 6 heteroatoms. The molecule has 0 amide bonds. The number of aliphatic imine (C=N–C) groups is 1. The molecule has 0 saturated carbocycles. The van der Waals surface area contributed by atoms with Gasteiger partial charge in [-0.05, 0) is 30.0 Å². The fraction of sp³-hybridized carbons (Fsp3) is 0.500. The number of hydrogen-bond acceptors (Lipinski definition) is 4. The van der Waals surface area contributed by atoms with Crippen molar-refractivity contribution in [1.82, 2.24) is 15.6 Å². The lowest BCUT2D eigenvalue weighted by atomic mass is 10.2. The first-order valence-electron chi connectivity index (χ1n) is 9.20. The van der Waals surface area contributed by atoms with Gasteiger partial charge in [-0.25, -0.2) is 4.98 Å². The molecule has 0 aliphatic rings. The van der Waals surface area contributed by atoms with E-state index in [-0.39, 0.29) is 0 Å². The second-order valence-electron chi connectivity index (χ2n) is 6.53. The van der Waals surface area contributed by atoms with E-state index in [0.717, 1.165) is 44.2 Å². The van der Waals surface area contributed by atoms with Crippen LogP contribution in [0.1, 0.15) is 36.2 Å². The molecular formula is C20H30N4OS. The Labute approximate surface area is 160 Å². The first-order chi connectivity index (χ1) is 12.6. The number of nitrogens with zero attached hydrogens (tertiary/aromatic N) is 2. The Morgan fingerprint density at radius 2 is 2.00 bits per heavy atom. The molecule has 2 rings (SSSR count). The van der Waals surface area contributed by atoms with Gasteiger partial charge in [0.25, 0.3) is 0 Å². The molecule has 1 heterocycles. The van der Waals surface area contributed by atoms with E-state index >= 15 is 0 Å². The molecule has 142 valence electrons. The van der Waals surface area contributed by atoms with E-state index < -0.39 is 0 Å². The Bertz CT molecular complexity index is 679. The summed E-state index contributed by atoms with van der Waals surface area (Å²) in [5.41, 5.74) is 1.19. The zero-order valence-electron chi connectivity index (χ0n) is 16.2. The number of aromatic nitrogens is 1. The predicted molar refractivity (Wildman–Crippen MR) is 110 cm³/mol. The summed E-state index contributed by atoms with van der Waals surface area (Å²) >= 11 is 1.79. The van der Waals surface area contributed by atoms with E-state index in [9.17, 15) is 0 Å². The number of ether oxygens (including phenoxy) is 1. The Morgan fingerprint density at radius 1 is 1.23 bits per heavy atom. The Balaban J connectivity index is 1.72. The van der Waals surface area contributed by atoms with Crippen molar-refractivity contribution in [3.05, 3.63) is 45.9 Å². The molecule has 1 aromatic heterocycles. The summed E-state index contributed by atoms with van der Waals surface area (Å²) in [6.45, 7) is 8.74. The maximum atomic E-state index is 5.71. The average Bonchev–Trinajstić information content (AvgIpc) is 3.11. The van der Waals surface area contributed by atoms with Crippen LogP contribution in [-0.4, -0.2) is 31.1 Å². The van der Waals surface area contributed by atoms with Crippen molar-refractivity contribution >= 4 is 17.3 Å². The van der Waals surface area contributed by atoms with Crippen LogP contribution < -0.4 is 15.4 Å². The molecule has 0 atom stereocenters. The van der Waals surface area contributed by atoms with Crippen molar-refractivity contribution in [2.24, 2.45) is 10.9 Å². The van der Waals surface area contributed by atoms with Crippen LogP contribution in [0.2, 0.25) is 0 Å². The first kappa shape index (κ1) is 20.2. The Hall–Kier alpha value is -2.08. The summed E-state index contributed by atoms with van der Waals surface area (Å²) in [6.07, 6.45) is 3.94. The summed E-state index contributed by atoms with van der Waals surface area (Å²) < 4.78 is 5.71. The maximum Gasteiger partial charge on any atom is 0.191 e. The Kier molecular flexibility index (Phi) is 8.41. The van der Waals surface area contributed by atoms with Crippen molar-refractivity contribution < 1.29 is 4.74 Å². The van der Waals surface area contributed by atoms with Crippen molar-refractivity contribution in [2.75, 3.05) is 20.2 Å². The smallest absolute Gasteiger partial charge is 0.191 e. The lowest BCUT2D eigenvalue weighted by Gasteiger charge is -2.12. The zero-order valence-corrected chi connectivity index (χ0v) is 17.0. The summed E-state index contributed by atoms with van der Waals surface area (Å²) in [4.78, 5) is 10.1. The fourth-order valence-corrected chi connectivity index (χ4v) is 3.15. The number of guanidine groups is 1. The summed E-state index contributed by atoms with van der Waals surface area (Å²) in [5, 5.41) is 7.85. The summed E-state index contributed by atoms with van der Waals surface area (Å²) in [7, 11) is 1.79. The lowest BCUT2D eigenvalue weighted by molar-refractivity contribution is 0.271. The van der Waals surface area contributed by atoms with Crippen LogP contribution in [0.25, 0.3) is 0 Å². The first-order valence-corrected chi connectivity index (χ1v) is 10.0. The third-order valence-corrected chi connectivity index (χ3v) is 4.97. The number of rotatable bonds is 9. The number of aryl methyl sites for hydroxylation is 1. The van der Waals surface area contributed by atoms with Crippen LogP contribution in [0.3, 0.4) is 0 Å². The molecule has 0 saturated heterocycles. The van der Waals surface area contributed by atoms with E-state index in [0.29, 0.717) is 5.92 Å². The fourth-order valence-electron chi connectivity index (χ4n) is 2.29. The van der Waals surface area contributed by atoms with Gasteiger partial charge in [0, 0.05) is 37.6 Å². The van der Waals surface area contributed by atoms with Crippen molar-refractivity contribution in [3.8, 4) is 5.75 Å². The molecule has 0 bridgehead atoms. The highest BCUT2D eigenvalue weighted by Gasteiger charge is 2.03. The SMILES string of the molecule is CCc1cnc(CCNC(=NC)NCc2ccc(OCC(C)C)cc2)s1. The molecule has 0 spiro atoms. The van der Waals surface area contributed by atoms with Crippen molar-refractivity contribution in [2.45, 2.75) is 40.2 Å². The van der Waals surface area contributed by atoms with E-state index in [1.807, 2.05) is 18.3 Å². The van der Waals surface area contributed by atoms with Crippen LogP contribution >= 0.6 is 11.3 Å². The van der Waals surface area contributed by atoms with E-state index in [2.05, 4.69) is 53.5 Å². The molecule has 26 heavy (non-hydrogen) atoms. The number of hydrogen-bond donors (Lipinski definition) is 2. The minimum absolute atomic E-state index is 0.531.